The molecule has 0 aliphatic heterocycles. The van der Waals surface area contributed by atoms with Gasteiger partial charge in [0.2, 0.25) is 5.91 Å². The van der Waals surface area contributed by atoms with E-state index in [1.165, 1.54) is 0 Å². The third kappa shape index (κ3) is 3.04. The summed E-state index contributed by atoms with van der Waals surface area (Å²) >= 11 is 1.54. The van der Waals surface area contributed by atoms with E-state index in [0.717, 1.165) is 10.7 Å². The molecular weight excluding hydrogens is 238 g/mol. The van der Waals surface area contributed by atoms with Crippen molar-refractivity contribution in [3.63, 3.8) is 0 Å². The smallest absolute Gasteiger partial charge is 0.226 e. The maximum atomic E-state index is 11.7. The van der Waals surface area contributed by atoms with E-state index in [1.54, 1.807) is 11.3 Å². The maximum absolute atomic E-state index is 11.7. The fourth-order valence-electron chi connectivity index (χ4n) is 1.62. The molecule has 2 heterocycles. The largest absolute Gasteiger partial charge is 0.396 e. The van der Waals surface area contributed by atoms with Gasteiger partial charge in [0.1, 0.15) is 0 Å². The molecule has 1 atom stereocenters. The zero-order chi connectivity index (χ0) is 12.3. The molecule has 2 rings (SSSR count). The summed E-state index contributed by atoms with van der Waals surface area (Å²) in [6.45, 7) is 1.96. The number of aliphatic hydroxyl groups is 1. The molecule has 0 aromatic carbocycles. The van der Waals surface area contributed by atoms with Crippen LogP contribution in [0.4, 0.5) is 0 Å². The van der Waals surface area contributed by atoms with Crippen molar-refractivity contribution in [3.8, 4) is 0 Å². The van der Waals surface area contributed by atoms with E-state index >= 15 is 0 Å². The van der Waals surface area contributed by atoms with Crippen molar-refractivity contribution in [3.05, 3.63) is 23.5 Å². The van der Waals surface area contributed by atoms with Crippen LogP contribution in [0.1, 0.15) is 19.0 Å². The van der Waals surface area contributed by atoms with E-state index in [1.807, 2.05) is 29.1 Å². The maximum Gasteiger partial charge on any atom is 0.226 e. The predicted octanol–water partition coefficient (Wildman–Crippen LogP) is 0.825. The van der Waals surface area contributed by atoms with Crippen molar-refractivity contribution in [2.45, 2.75) is 25.8 Å². The number of aromatic nitrogens is 2. The van der Waals surface area contributed by atoms with Crippen molar-refractivity contribution in [1.29, 1.82) is 0 Å². The Balaban J connectivity index is 1.92. The van der Waals surface area contributed by atoms with E-state index in [9.17, 15) is 4.79 Å². The minimum atomic E-state index is -0.0586. The molecular formula is C11H15N3O2S. The van der Waals surface area contributed by atoms with Gasteiger partial charge in [0.25, 0.3) is 0 Å². The minimum absolute atomic E-state index is 0.00349. The Labute approximate surface area is 103 Å². The number of fused-ring (bicyclic) bond motifs is 1. The highest BCUT2D eigenvalue weighted by Gasteiger charge is 2.10. The summed E-state index contributed by atoms with van der Waals surface area (Å²) < 4.78 is 1.91. The van der Waals surface area contributed by atoms with Gasteiger partial charge < -0.3 is 10.4 Å². The van der Waals surface area contributed by atoms with Gasteiger partial charge in [-0.25, -0.2) is 4.98 Å². The Morgan fingerprint density at radius 3 is 3.24 bits per heavy atom. The van der Waals surface area contributed by atoms with Crippen LogP contribution in [-0.4, -0.2) is 33.0 Å². The molecule has 0 aliphatic rings. The monoisotopic (exact) mass is 253 g/mol. The number of imidazole rings is 1. The molecule has 0 spiro atoms. The van der Waals surface area contributed by atoms with E-state index in [4.69, 9.17) is 5.11 Å². The van der Waals surface area contributed by atoms with Gasteiger partial charge in [0, 0.05) is 30.4 Å². The number of nitrogens with zero attached hydrogens (tertiary/aromatic N) is 2. The summed E-state index contributed by atoms with van der Waals surface area (Å²) in [5.74, 6) is -0.0586. The quantitative estimate of drug-likeness (QED) is 0.829. The van der Waals surface area contributed by atoms with E-state index in [0.29, 0.717) is 6.42 Å². The molecule has 1 unspecified atom stereocenters. The number of amides is 1. The number of thiazole rings is 1. The highest BCUT2D eigenvalue weighted by Crippen LogP contribution is 2.11. The highest BCUT2D eigenvalue weighted by atomic mass is 32.1. The number of rotatable bonds is 5. The molecule has 92 valence electrons. The topological polar surface area (TPSA) is 66.6 Å². The average Bonchev–Trinajstić information content (AvgIpc) is 2.77. The second-order valence-electron chi connectivity index (χ2n) is 3.98. The molecule has 0 radical (unpaired) electrons. The summed E-state index contributed by atoms with van der Waals surface area (Å²) in [6, 6.07) is -0.00349. The van der Waals surface area contributed by atoms with E-state index in [-0.39, 0.29) is 25.0 Å². The van der Waals surface area contributed by atoms with Gasteiger partial charge in [0.15, 0.2) is 4.96 Å². The molecule has 2 aromatic heterocycles. The minimum Gasteiger partial charge on any atom is -0.396 e. The molecule has 2 N–H and O–H groups in total. The molecule has 0 bridgehead atoms. The van der Waals surface area contributed by atoms with Crippen molar-refractivity contribution in [2.24, 2.45) is 0 Å². The van der Waals surface area contributed by atoms with Crippen LogP contribution in [-0.2, 0) is 11.2 Å². The first kappa shape index (κ1) is 12.1. The molecule has 1 amide bonds. The Kier molecular flexibility index (Phi) is 3.75. The van der Waals surface area contributed by atoms with Crippen LogP contribution in [0.5, 0.6) is 0 Å². The van der Waals surface area contributed by atoms with Gasteiger partial charge in [-0.15, -0.1) is 11.3 Å². The van der Waals surface area contributed by atoms with Gasteiger partial charge in [-0.2, -0.15) is 0 Å². The first-order chi connectivity index (χ1) is 8.19. The normalized spacial score (nSPS) is 12.8. The molecule has 5 nitrogen and oxygen atoms in total. The van der Waals surface area contributed by atoms with Gasteiger partial charge in [-0.1, -0.05) is 0 Å². The van der Waals surface area contributed by atoms with Crippen LogP contribution < -0.4 is 5.32 Å². The Morgan fingerprint density at radius 1 is 1.71 bits per heavy atom. The lowest BCUT2D eigenvalue weighted by Crippen LogP contribution is -2.34. The number of hydrogen-bond donors (Lipinski definition) is 2. The molecule has 6 heteroatoms. The third-order valence-electron chi connectivity index (χ3n) is 2.45. The van der Waals surface area contributed by atoms with Gasteiger partial charge in [0.05, 0.1) is 12.1 Å². The first-order valence-corrected chi connectivity index (χ1v) is 6.38. The van der Waals surface area contributed by atoms with Crippen molar-refractivity contribution >= 4 is 22.2 Å². The molecule has 2 aromatic rings. The summed E-state index contributed by atoms with van der Waals surface area (Å²) in [6.07, 6.45) is 4.64. The Hall–Kier alpha value is -1.40. The molecule has 0 aliphatic carbocycles. The predicted molar refractivity (Wildman–Crippen MR) is 66.1 cm³/mol. The zero-order valence-electron chi connectivity index (χ0n) is 9.59. The Morgan fingerprint density at radius 2 is 2.53 bits per heavy atom. The number of carbonyl (C=O) groups is 1. The van der Waals surface area contributed by atoms with Crippen LogP contribution in [0, 0.1) is 0 Å². The molecule has 0 fully saturated rings. The number of hydrogen-bond acceptors (Lipinski definition) is 4. The third-order valence-corrected chi connectivity index (χ3v) is 3.23. The summed E-state index contributed by atoms with van der Waals surface area (Å²) in [4.78, 5) is 16.9. The van der Waals surface area contributed by atoms with E-state index in [2.05, 4.69) is 10.3 Å². The lowest BCUT2D eigenvalue weighted by Gasteiger charge is -2.11. The number of carbonyl (C=O) groups excluding carboxylic acids is 1. The number of aliphatic hydroxyl groups excluding tert-OH is 1. The van der Waals surface area contributed by atoms with Crippen LogP contribution in [0.25, 0.3) is 4.96 Å². The number of nitrogens with one attached hydrogen (secondary N) is 1. The molecule has 0 saturated carbocycles. The molecule has 0 saturated heterocycles. The van der Waals surface area contributed by atoms with Crippen molar-refractivity contribution in [1.82, 2.24) is 14.7 Å². The standard InChI is InChI=1S/C11H15N3O2S/c1-8(2-4-15)12-10(16)6-9-7-14-3-5-17-11(14)13-9/h3,5,7-8,15H,2,4,6H2,1H3,(H,12,16). The fraction of sp³-hybridized carbons (Fsp3) is 0.455. The van der Waals surface area contributed by atoms with Crippen molar-refractivity contribution < 1.29 is 9.90 Å². The average molecular weight is 253 g/mol. The second kappa shape index (κ2) is 5.29. The van der Waals surface area contributed by atoms with Gasteiger partial charge in [-0.3, -0.25) is 9.20 Å². The first-order valence-electron chi connectivity index (χ1n) is 5.50. The highest BCUT2D eigenvalue weighted by molar-refractivity contribution is 7.15. The van der Waals surface area contributed by atoms with Gasteiger partial charge in [-0.05, 0) is 13.3 Å². The second-order valence-corrected chi connectivity index (χ2v) is 4.86. The van der Waals surface area contributed by atoms with Gasteiger partial charge >= 0.3 is 0 Å². The van der Waals surface area contributed by atoms with Crippen LogP contribution in [0.3, 0.4) is 0 Å². The lowest BCUT2D eigenvalue weighted by molar-refractivity contribution is -0.121. The Bertz CT molecular complexity index is 477. The fourth-order valence-corrected chi connectivity index (χ4v) is 2.34. The van der Waals surface area contributed by atoms with Crippen LogP contribution in [0.2, 0.25) is 0 Å². The van der Waals surface area contributed by atoms with Crippen LogP contribution in [0.15, 0.2) is 17.8 Å². The molecule has 17 heavy (non-hydrogen) atoms. The van der Waals surface area contributed by atoms with E-state index < -0.39 is 0 Å². The summed E-state index contributed by atoms with van der Waals surface area (Å²) in [7, 11) is 0. The summed E-state index contributed by atoms with van der Waals surface area (Å²) in [5, 5.41) is 13.5. The summed E-state index contributed by atoms with van der Waals surface area (Å²) in [5.41, 5.74) is 0.769. The van der Waals surface area contributed by atoms with Crippen molar-refractivity contribution in [2.75, 3.05) is 6.61 Å². The lowest BCUT2D eigenvalue weighted by atomic mass is 10.2. The zero-order valence-corrected chi connectivity index (χ0v) is 10.4. The SMILES string of the molecule is CC(CCO)NC(=O)Cc1cn2ccsc2n1. The van der Waals surface area contributed by atoms with Crippen LogP contribution >= 0.6 is 11.3 Å².